The highest BCUT2D eigenvalue weighted by Crippen LogP contribution is 2.34. The third-order valence-electron chi connectivity index (χ3n) is 3.47. The second-order valence-electron chi connectivity index (χ2n) is 5.17. The quantitative estimate of drug-likeness (QED) is 0.848. The maximum Gasteiger partial charge on any atom is 0.416 e. The van der Waals surface area contributed by atoms with Crippen LogP contribution in [-0.2, 0) is 12.7 Å². The van der Waals surface area contributed by atoms with Gasteiger partial charge in [0.1, 0.15) is 0 Å². The van der Waals surface area contributed by atoms with Crippen molar-refractivity contribution < 1.29 is 13.2 Å². The molecule has 2 rings (SSSR count). The minimum absolute atomic E-state index is 0.275. The summed E-state index contributed by atoms with van der Waals surface area (Å²) in [5.41, 5.74) is 1.91. The van der Waals surface area contributed by atoms with E-state index in [0.717, 1.165) is 17.2 Å². The number of alkyl halides is 3. The summed E-state index contributed by atoms with van der Waals surface area (Å²) in [6, 6.07) is 13.3. The van der Waals surface area contributed by atoms with E-state index in [1.165, 1.54) is 12.1 Å². The van der Waals surface area contributed by atoms with Crippen LogP contribution in [0.4, 0.5) is 13.2 Å². The zero-order chi connectivity index (χ0) is 15.5. The fourth-order valence-electron chi connectivity index (χ4n) is 2.22. The summed E-state index contributed by atoms with van der Waals surface area (Å²) in [5, 5.41) is 3.15. The average Bonchev–Trinajstić information content (AvgIpc) is 2.45. The van der Waals surface area contributed by atoms with Crippen LogP contribution in [0.5, 0.6) is 0 Å². The van der Waals surface area contributed by atoms with Gasteiger partial charge >= 0.3 is 6.18 Å². The first-order chi connectivity index (χ1) is 9.88. The second-order valence-corrected chi connectivity index (χ2v) is 5.17. The van der Waals surface area contributed by atoms with Gasteiger partial charge in [-0.05, 0) is 31.0 Å². The maximum absolute atomic E-state index is 13.0. The van der Waals surface area contributed by atoms with Crippen molar-refractivity contribution in [1.29, 1.82) is 0 Å². The van der Waals surface area contributed by atoms with Crippen LogP contribution in [0.3, 0.4) is 0 Å². The lowest BCUT2D eigenvalue weighted by Gasteiger charge is -2.19. The largest absolute Gasteiger partial charge is 0.416 e. The lowest BCUT2D eigenvalue weighted by Crippen LogP contribution is -2.21. The summed E-state index contributed by atoms with van der Waals surface area (Å²) in [6.45, 7) is 4.28. The molecule has 21 heavy (non-hydrogen) atoms. The molecule has 4 heteroatoms. The van der Waals surface area contributed by atoms with Gasteiger partial charge in [-0.15, -0.1) is 0 Å². The van der Waals surface area contributed by atoms with Crippen LogP contribution in [-0.4, -0.2) is 0 Å². The van der Waals surface area contributed by atoms with Gasteiger partial charge in [-0.3, -0.25) is 0 Å². The van der Waals surface area contributed by atoms with Gasteiger partial charge in [-0.1, -0.05) is 48.0 Å². The van der Waals surface area contributed by atoms with Crippen LogP contribution in [0.15, 0.2) is 48.5 Å². The molecule has 0 aliphatic heterocycles. The van der Waals surface area contributed by atoms with Gasteiger partial charge in [0.15, 0.2) is 0 Å². The van der Waals surface area contributed by atoms with E-state index in [9.17, 15) is 13.2 Å². The van der Waals surface area contributed by atoms with E-state index < -0.39 is 11.7 Å². The third kappa shape index (κ3) is 4.08. The van der Waals surface area contributed by atoms with Gasteiger partial charge in [-0.2, -0.15) is 13.2 Å². The molecule has 2 aromatic carbocycles. The summed E-state index contributed by atoms with van der Waals surface area (Å²) in [5.74, 6) is 0. The van der Waals surface area contributed by atoms with Crippen molar-refractivity contribution in [2.45, 2.75) is 32.6 Å². The number of hydrogen-bond acceptors (Lipinski definition) is 1. The molecule has 0 saturated carbocycles. The molecule has 0 fully saturated rings. The molecule has 0 aromatic heterocycles. The van der Waals surface area contributed by atoms with Gasteiger partial charge in [0.05, 0.1) is 5.56 Å². The summed E-state index contributed by atoms with van der Waals surface area (Å²) in [4.78, 5) is 0. The number of halogens is 3. The summed E-state index contributed by atoms with van der Waals surface area (Å²) in [6.07, 6.45) is -4.32. The van der Waals surface area contributed by atoms with Crippen LogP contribution in [0.2, 0.25) is 0 Å². The Morgan fingerprint density at radius 1 is 1.00 bits per heavy atom. The van der Waals surface area contributed by atoms with Crippen LogP contribution in [0, 0.1) is 6.92 Å². The molecule has 0 amide bonds. The molecule has 1 unspecified atom stereocenters. The van der Waals surface area contributed by atoms with Crippen molar-refractivity contribution in [2.75, 3.05) is 0 Å². The second kappa shape index (κ2) is 6.31. The molecule has 0 bridgehead atoms. The normalized spacial score (nSPS) is 13.2. The fraction of sp³-hybridized carbons (Fsp3) is 0.294. The molecular weight excluding hydrogens is 275 g/mol. The molecule has 2 aromatic rings. The lowest BCUT2D eigenvalue weighted by molar-refractivity contribution is -0.138. The van der Waals surface area contributed by atoms with Gasteiger partial charge in [0.2, 0.25) is 0 Å². The van der Waals surface area contributed by atoms with Crippen LogP contribution < -0.4 is 5.32 Å². The Hall–Kier alpha value is -1.81. The Bertz CT molecular complexity index is 588. The molecule has 0 spiro atoms. The molecule has 0 aliphatic rings. The highest BCUT2D eigenvalue weighted by Gasteiger charge is 2.33. The topological polar surface area (TPSA) is 12.0 Å². The van der Waals surface area contributed by atoms with E-state index in [1.807, 2.05) is 31.2 Å². The number of nitrogens with one attached hydrogen (secondary N) is 1. The third-order valence-corrected chi connectivity index (χ3v) is 3.47. The van der Waals surface area contributed by atoms with Crippen molar-refractivity contribution in [2.24, 2.45) is 0 Å². The Kier molecular flexibility index (Phi) is 4.68. The standard InChI is InChI=1S/C17H18F3N/c1-12-7-9-14(10-8-12)11-21-13(2)15-5-3-4-6-16(15)17(18,19)20/h3-10,13,21H,11H2,1-2H3. The van der Waals surface area contributed by atoms with Crippen LogP contribution >= 0.6 is 0 Å². The van der Waals surface area contributed by atoms with Crippen molar-refractivity contribution in [3.63, 3.8) is 0 Å². The van der Waals surface area contributed by atoms with Crippen molar-refractivity contribution in [3.8, 4) is 0 Å². The van der Waals surface area contributed by atoms with E-state index in [2.05, 4.69) is 5.32 Å². The fourth-order valence-corrected chi connectivity index (χ4v) is 2.22. The highest BCUT2D eigenvalue weighted by atomic mass is 19.4. The smallest absolute Gasteiger partial charge is 0.306 e. The predicted octanol–water partition coefficient (Wildman–Crippen LogP) is 4.86. The molecule has 0 heterocycles. The van der Waals surface area contributed by atoms with Gasteiger partial charge in [-0.25, -0.2) is 0 Å². The monoisotopic (exact) mass is 293 g/mol. The SMILES string of the molecule is Cc1ccc(CNC(C)c2ccccc2C(F)(F)F)cc1. The molecule has 0 aliphatic carbocycles. The first-order valence-electron chi connectivity index (χ1n) is 6.83. The molecule has 1 N–H and O–H groups in total. The van der Waals surface area contributed by atoms with E-state index in [1.54, 1.807) is 13.0 Å². The van der Waals surface area contributed by atoms with Crippen LogP contribution in [0.25, 0.3) is 0 Å². The number of rotatable bonds is 4. The minimum Gasteiger partial charge on any atom is -0.306 e. The van der Waals surface area contributed by atoms with Gasteiger partial charge in [0, 0.05) is 12.6 Å². The number of aryl methyl sites for hydroxylation is 1. The van der Waals surface area contributed by atoms with E-state index >= 15 is 0 Å². The van der Waals surface area contributed by atoms with E-state index in [4.69, 9.17) is 0 Å². The first-order valence-corrected chi connectivity index (χ1v) is 6.83. The molecule has 112 valence electrons. The summed E-state index contributed by atoms with van der Waals surface area (Å²) in [7, 11) is 0. The Morgan fingerprint density at radius 3 is 2.24 bits per heavy atom. The minimum atomic E-state index is -4.32. The van der Waals surface area contributed by atoms with Crippen LogP contribution in [0.1, 0.15) is 35.2 Å². The summed E-state index contributed by atoms with van der Waals surface area (Å²) < 4.78 is 39.0. The number of benzene rings is 2. The van der Waals surface area contributed by atoms with Gasteiger partial charge in [0.25, 0.3) is 0 Å². The molecular formula is C17H18F3N. The van der Waals surface area contributed by atoms with Gasteiger partial charge < -0.3 is 5.32 Å². The Balaban J connectivity index is 2.10. The predicted molar refractivity (Wildman–Crippen MR) is 77.9 cm³/mol. The molecule has 1 nitrogen and oxygen atoms in total. The molecule has 0 saturated heterocycles. The van der Waals surface area contributed by atoms with Crippen molar-refractivity contribution in [1.82, 2.24) is 5.32 Å². The zero-order valence-electron chi connectivity index (χ0n) is 12.0. The molecule has 1 atom stereocenters. The summed E-state index contributed by atoms with van der Waals surface area (Å²) >= 11 is 0. The number of hydrogen-bond donors (Lipinski definition) is 1. The average molecular weight is 293 g/mol. The molecule has 0 radical (unpaired) electrons. The lowest BCUT2D eigenvalue weighted by atomic mass is 10.0. The zero-order valence-corrected chi connectivity index (χ0v) is 12.0. The van der Waals surface area contributed by atoms with Crippen molar-refractivity contribution in [3.05, 3.63) is 70.8 Å². The highest BCUT2D eigenvalue weighted by molar-refractivity contribution is 5.32. The van der Waals surface area contributed by atoms with Crippen molar-refractivity contribution >= 4 is 0 Å². The first kappa shape index (κ1) is 15.6. The maximum atomic E-state index is 13.0. The Labute approximate surface area is 122 Å². The van der Waals surface area contributed by atoms with E-state index in [-0.39, 0.29) is 11.6 Å². The van der Waals surface area contributed by atoms with E-state index in [0.29, 0.717) is 6.54 Å². The Morgan fingerprint density at radius 2 is 1.62 bits per heavy atom.